The lowest BCUT2D eigenvalue weighted by Crippen LogP contribution is -2.06. The first kappa shape index (κ1) is 11.7. The van der Waals surface area contributed by atoms with Crippen molar-refractivity contribution in [2.75, 3.05) is 6.61 Å². The summed E-state index contributed by atoms with van der Waals surface area (Å²) >= 11 is 6.03. The Bertz CT molecular complexity index is 536. The van der Waals surface area contributed by atoms with Gasteiger partial charge in [-0.3, -0.25) is 0 Å². The monoisotopic (exact) mass is 251 g/mol. The van der Waals surface area contributed by atoms with Crippen LogP contribution < -0.4 is 0 Å². The highest BCUT2D eigenvalue weighted by Gasteiger charge is 2.20. The van der Waals surface area contributed by atoms with Gasteiger partial charge in [0.1, 0.15) is 0 Å². The van der Waals surface area contributed by atoms with E-state index in [0.29, 0.717) is 16.3 Å². The molecular formula is C12H10ClNO3. The summed E-state index contributed by atoms with van der Waals surface area (Å²) in [6.07, 6.45) is 1.20. The van der Waals surface area contributed by atoms with Gasteiger partial charge >= 0.3 is 5.97 Å². The second-order valence-electron chi connectivity index (χ2n) is 3.23. The zero-order chi connectivity index (χ0) is 12.3. The first-order valence-electron chi connectivity index (χ1n) is 5.09. The number of halogens is 1. The molecule has 0 bridgehead atoms. The van der Waals surface area contributed by atoms with Crippen LogP contribution in [0, 0.1) is 0 Å². The van der Waals surface area contributed by atoms with Crippen LogP contribution in [0.4, 0.5) is 0 Å². The summed E-state index contributed by atoms with van der Waals surface area (Å²) < 4.78 is 10.1. The average molecular weight is 252 g/mol. The predicted molar refractivity (Wildman–Crippen MR) is 62.9 cm³/mol. The maximum absolute atomic E-state index is 11.6. The molecule has 0 radical (unpaired) electrons. The summed E-state index contributed by atoms with van der Waals surface area (Å²) in [7, 11) is 0. The lowest BCUT2D eigenvalue weighted by molar-refractivity contribution is 0.0520. The molecule has 88 valence electrons. The van der Waals surface area contributed by atoms with Gasteiger partial charge in [0.05, 0.1) is 11.6 Å². The minimum Gasteiger partial charge on any atom is -0.461 e. The van der Waals surface area contributed by atoms with Crippen LogP contribution >= 0.6 is 11.6 Å². The van der Waals surface area contributed by atoms with E-state index in [1.54, 1.807) is 31.2 Å². The van der Waals surface area contributed by atoms with E-state index in [4.69, 9.17) is 20.8 Å². The molecule has 0 atom stereocenters. The quantitative estimate of drug-likeness (QED) is 0.787. The lowest BCUT2D eigenvalue weighted by Gasteiger charge is -2.02. The molecule has 0 fully saturated rings. The van der Waals surface area contributed by atoms with Crippen molar-refractivity contribution in [3.8, 4) is 11.3 Å². The fraction of sp³-hybridized carbons (Fsp3) is 0.167. The molecule has 0 saturated heterocycles. The van der Waals surface area contributed by atoms with Gasteiger partial charge in [0, 0.05) is 5.56 Å². The van der Waals surface area contributed by atoms with Gasteiger partial charge in [0.2, 0.25) is 0 Å². The fourth-order valence-corrected chi connectivity index (χ4v) is 1.65. The number of hydrogen-bond acceptors (Lipinski definition) is 4. The molecule has 5 heteroatoms. The van der Waals surface area contributed by atoms with Crippen molar-refractivity contribution in [2.45, 2.75) is 6.92 Å². The Morgan fingerprint density at radius 3 is 2.94 bits per heavy atom. The zero-order valence-electron chi connectivity index (χ0n) is 9.14. The predicted octanol–water partition coefficient (Wildman–Crippen LogP) is 3.17. The Balaban J connectivity index is 2.44. The third kappa shape index (κ3) is 2.31. The molecular weight excluding hydrogens is 242 g/mol. The van der Waals surface area contributed by atoms with Gasteiger partial charge in [-0.2, -0.15) is 0 Å². The Morgan fingerprint density at radius 2 is 2.24 bits per heavy atom. The number of rotatable bonds is 3. The van der Waals surface area contributed by atoms with Crippen LogP contribution in [-0.4, -0.2) is 17.6 Å². The summed E-state index contributed by atoms with van der Waals surface area (Å²) in [6.45, 7) is 2.01. The van der Waals surface area contributed by atoms with Crippen LogP contribution in [-0.2, 0) is 4.74 Å². The molecule has 0 aliphatic rings. The summed E-state index contributed by atoms with van der Waals surface area (Å²) in [4.78, 5) is 15.5. The molecule has 0 saturated carbocycles. The van der Waals surface area contributed by atoms with E-state index in [2.05, 4.69) is 4.98 Å². The number of benzene rings is 1. The van der Waals surface area contributed by atoms with E-state index in [0.717, 1.165) is 0 Å². The van der Waals surface area contributed by atoms with Gasteiger partial charge in [-0.05, 0) is 19.1 Å². The van der Waals surface area contributed by atoms with Crippen LogP contribution in [0.2, 0.25) is 5.02 Å². The smallest absolute Gasteiger partial charge is 0.360 e. The SMILES string of the molecule is CCOC(=O)c1ncoc1-c1ccccc1Cl. The van der Waals surface area contributed by atoms with Crippen LogP contribution in [0.5, 0.6) is 0 Å². The number of carbonyl (C=O) groups excluding carboxylic acids is 1. The summed E-state index contributed by atoms with van der Waals surface area (Å²) in [6, 6.07) is 7.07. The van der Waals surface area contributed by atoms with Gasteiger partial charge in [-0.15, -0.1) is 0 Å². The number of ether oxygens (including phenoxy) is 1. The number of carbonyl (C=O) groups is 1. The molecule has 0 spiro atoms. The van der Waals surface area contributed by atoms with Crippen LogP contribution in [0.3, 0.4) is 0 Å². The molecule has 1 aromatic heterocycles. The van der Waals surface area contributed by atoms with Gasteiger partial charge in [0.15, 0.2) is 17.8 Å². The molecule has 0 amide bonds. The Kier molecular flexibility index (Phi) is 3.44. The van der Waals surface area contributed by atoms with E-state index in [1.807, 2.05) is 0 Å². The van der Waals surface area contributed by atoms with Crippen molar-refractivity contribution in [1.29, 1.82) is 0 Å². The third-order valence-corrected chi connectivity index (χ3v) is 2.48. The molecule has 1 heterocycles. The second kappa shape index (κ2) is 5.01. The normalized spacial score (nSPS) is 10.2. The maximum atomic E-state index is 11.6. The van der Waals surface area contributed by atoms with Crippen LogP contribution in [0.1, 0.15) is 17.4 Å². The third-order valence-electron chi connectivity index (χ3n) is 2.15. The molecule has 0 aliphatic carbocycles. The van der Waals surface area contributed by atoms with E-state index < -0.39 is 5.97 Å². The first-order valence-corrected chi connectivity index (χ1v) is 5.47. The van der Waals surface area contributed by atoms with Crippen molar-refractivity contribution in [1.82, 2.24) is 4.98 Å². The average Bonchev–Trinajstić information content (AvgIpc) is 2.79. The fourth-order valence-electron chi connectivity index (χ4n) is 1.43. The Morgan fingerprint density at radius 1 is 1.47 bits per heavy atom. The molecule has 1 aromatic carbocycles. The van der Waals surface area contributed by atoms with Crippen LogP contribution in [0.25, 0.3) is 11.3 Å². The minimum absolute atomic E-state index is 0.139. The highest BCUT2D eigenvalue weighted by molar-refractivity contribution is 6.33. The molecule has 0 unspecified atom stereocenters. The summed E-state index contributed by atoms with van der Waals surface area (Å²) in [5, 5.41) is 0.495. The minimum atomic E-state index is -0.517. The standard InChI is InChI=1S/C12H10ClNO3/c1-2-16-12(15)10-11(17-7-14-10)8-5-3-4-6-9(8)13/h3-7H,2H2,1H3. The number of oxazole rings is 1. The Hall–Kier alpha value is -1.81. The largest absolute Gasteiger partial charge is 0.461 e. The number of aromatic nitrogens is 1. The topological polar surface area (TPSA) is 52.3 Å². The van der Waals surface area contributed by atoms with E-state index in [9.17, 15) is 4.79 Å². The summed E-state index contributed by atoms with van der Waals surface area (Å²) in [5.74, 6) is -0.190. The van der Waals surface area contributed by atoms with Gasteiger partial charge < -0.3 is 9.15 Å². The van der Waals surface area contributed by atoms with Crippen molar-refractivity contribution in [2.24, 2.45) is 0 Å². The molecule has 0 aliphatic heterocycles. The van der Waals surface area contributed by atoms with Crippen molar-refractivity contribution >= 4 is 17.6 Å². The number of hydrogen-bond donors (Lipinski definition) is 0. The molecule has 2 aromatic rings. The highest BCUT2D eigenvalue weighted by atomic mass is 35.5. The number of esters is 1. The molecule has 0 N–H and O–H groups in total. The molecule has 2 rings (SSSR count). The van der Waals surface area contributed by atoms with Gasteiger partial charge in [0.25, 0.3) is 0 Å². The number of nitrogens with zero attached hydrogens (tertiary/aromatic N) is 1. The molecule has 4 nitrogen and oxygen atoms in total. The summed E-state index contributed by atoms with van der Waals surface area (Å²) in [5.41, 5.74) is 0.759. The highest BCUT2D eigenvalue weighted by Crippen LogP contribution is 2.30. The van der Waals surface area contributed by atoms with Gasteiger partial charge in [-0.1, -0.05) is 23.7 Å². The van der Waals surface area contributed by atoms with Gasteiger partial charge in [-0.25, -0.2) is 9.78 Å². The Labute approximate surface area is 103 Å². The van der Waals surface area contributed by atoms with Crippen molar-refractivity contribution in [3.05, 3.63) is 41.4 Å². The van der Waals surface area contributed by atoms with E-state index in [1.165, 1.54) is 6.39 Å². The molecule has 17 heavy (non-hydrogen) atoms. The van der Waals surface area contributed by atoms with Crippen molar-refractivity contribution < 1.29 is 13.9 Å². The zero-order valence-corrected chi connectivity index (χ0v) is 9.90. The lowest BCUT2D eigenvalue weighted by atomic mass is 10.1. The maximum Gasteiger partial charge on any atom is 0.360 e. The first-order chi connectivity index (χ1) is 8.24. The van der Waals surface area contributed by atoms with E-state index >= 15 is 0 Å². The van der Waals surface area contributed by atoms with Crippen molar-refractivity contribution in [3.63, 3.8) is 0 Å². The second-order valence-corrected chi connectivity index (χ2v) is 3.64. The van der Waals surface area contributed by atoms with Crippen LogP contribution in [0.15, 0.2) is 35.1 Å². The van der Waals surface area contributed by atoms with E-state index in [-0.39, 0.29) is 12.3 Å².